The van der Waals surface area contributed by atoms with Crippen molar-refractivity contribution in [2.75, 3.05) is 0 Å². The Labute approximate surface area is 88.5 Å². The largest absolute Gasteiger partial charge is 0.485 e. The van der Waals surface area contributed by atoms with Gasteiger partial charge < -0.3 is 4.74 Å². The van der Waals surface area contributed by atoms with Crippen LogP contribution in [-0.4, -0.2) is 4.98 Å². The van der Waals surface area contributed by atoms with E-state index in [1.165, 1.54) is 5.56 Å². The van der Waals surface area contributed by atoms with Crippen molar-refractivity contribution in [2.45, 2.75) is 13.0 Å². The quantitative estimate of drug-likeness (QED) is 0.647. The van der Waals surface area contributed by atoms with Crippen LogP contribution < -0.4 is 4.74 Å². The number of hydrogen-bond acceptors (Lipinski definition) is 2. The van der Waals surface area contributed by atoms with Gasteiger partial charge in [0.15, 0.2) is 0 Å². The van der Waals surface area contributed by atoms with Crippen LogP contribution >= 0.6 is 0 Å². The standard InChI is InChI=1S/C13H11NO/c1-9-12-8-14-7-6-10(12)11-4-2-3-5-13(11)15-9/h2-9H,1H3. The van der Waals surface area contributed by atoms with E-state index in [-0.39, 0.29) is 6.10 Å². The molecular weight excluding hydrogens is 186 g/mol. The zero-order valence-corrected chi connectivity index (χ0v) is 8.47. The van der Waals surface area contributed by atoms with Crippen molar-refractivity contribution in [1.29, 1.82) is 0 Å². The Kier molecular flexibility index (Phi) is 1.75. The zero-order valence-electron chi connectivity index (χ0n) is 8.47. The molecule has 0 N–H and O–H groups in total. The number of pyridine rings is 1. The van der Waals surface area contributed by atoms with Gasteiger partial charge in [0.1, 0.15) is 11.9 Å². The number of rotatable bonds is 0. The first kappa shape index (κ1) is 8.48. The molecule has 0 saturated heterocycles. The van der Waals surface area contributed by atoms with Crippen LogP contribution in [0.2, 0.25) is 0 Å². The molecule has 1 atom stereocenters. The van der Waals surface area contributed by atoms with Gasteiger partial charge in [0.2, 0.25) is 0 Å². The SMILES string of the molecule is CC1Oc2ccccc2-c2ccncc21. The number of nitrogens with zero attached hydrogens (tertiary/aromatic N) is 1. The number of benzene rings is 1. The summed E-state index contributed by atoms with van der Waals surface area (Å²) >= 11 is 0. The van der Waals surface area contributed by atoms with E-state index in [4.69, 9.17) is 4.74 Å². The fourth-order valence-corrected chi connectivity index (χ4v) is 2.02. The number of fused-ring (bicyclic) bond motifs is 3. The molecule has 3 rings (SSSR count). The molecule has 0 fully saturated rings. The van der Waals surface area contributed by atoms with Crippen molar-refractivity contribution in [2.24, 2.45) is 0 Å². The van der Waals surface area contributed by atoms with Crippen LogP contribution in [-0.2, 0) is 0 Å². The number of hydrogen-bond donors (Lipinski definition) is 0. The highest BCUT2D eigenvalue weighted by Crippen LogP contribution is 2.41. The molecule has 0 aliphatic carbocycles. The van der Waals surface area contributed by atoms with Gasteiger partial charge in [-0.15, -0.1) is 0 Å². The van der Waals surface area contributed by atoms with Crippen molar-refractivity contribution < 1.29 is 4.74 Å². The Morgan fingerprint density at radius 2 is 2.00 bits per heavy atom. The van der Waals surface area contributed by atoms with Gasteiger partial charge >= 0.3 is 0 Å². The smallest absolute Gasteiger partial charge is 0.128 e. The van der Waals surface area contributed by atoms with Crippen LogP contribution in [0.3, 0.4) is 0 Å². The average Bonchev–Trinajstić information content (AvgIpc) is 2.30. The molecule has 2 nitrogen and oxygen atoms in total. The van der Waals surface area contributed by atoms with Crippen molar-refractivity contribution in [3.8, 4) is 16.9 Å². The maximum atomic E-state index is 5.82. The van der Waals surface area contributed by atoms with Crippen LogP contribution in [0.5, 0.6) is 5.75 Å². The monoisotopic (exact) mass is 197 g/mol. The fourth-order valence-electron chi connectivity index (χ4n) is 2.02. The van der Waals surface area contributed by atoms with Crippen molar-refractivity contribution in [3.63, 3.8) is 0 Å². The van der Waals surface area contributed by atoms with Gasteiger partial charge in [-0.25, -0.2) is 0 Å². The van der Waals surface area contributed by atoms with Gasteiger partial charge in [-0.2, -0.15) is 0 Å². The van der Waals surface area contributed by atoms with E-state index < -0.39 is 0 Å². The Morgan fingerprint density at radius 1 is 1.13 bits per heavy atom. The van der Waals surface area contributed by atoms with Gasteiger partial charge in [-0.05, 0) is 24.6 Å². The van der Waals surface area contributed by atoms with Gasteiger partial charge in [0, 0.05) is 23.5 Å². The second kappa shape index (κ2) is 3.09. The predicted octanol–water partition coefficient (Wildman–Crippen LogP) is 3.20. The Balaban J connectivity index is 2.30. The Bertz CT molecular complexity index is 507. The molecule has 0 bridgehead atoms. The van der Waals surface area contributed by atoms with E-state index in [1.54, 1.807) is 0 Å². The van der Waals surface area contributed by atoms with Gasteiger partial charge in [-0.1, -0.05) is 18.2 Å². The molecule has 1 aliphatic rings. The maximum absolute atomic E-state index is 5.82. The summed E-state index contributed by atoms with van der Waals surface area (Å²) in [5.41, 5.74) is 3.56. The van der Waals surface area contributed by atoms with Crippen molar-refractivity contribution in [1.82, 2.24) is 4.98 Å². The highest BCUT2D eigenvalue weighted by molar-refractivity contribution is 5.75. The average molecular weight is 197 g/mol. The summed E-state index contributed by atoms with van der Waals surface area (Å²) in [5.74, 6) is 0.962. The predicted molar refractivity (Wildman–Crippen MR) is 58.7 cm³/mol. The van der Waals surface area contributed by atoms with Gasteiger partial charge in [0.25, 0.3) is 0 Å². The third-order valence-corrected chi connectivity index (χ3v) is 2.77. The van der Waals surface area contributed by atoms with Gasteiger partial charge in [0.05, 0.1) is 0 Å². The van der Waals surface area contributed by atoms with Crippen LogP contribution in [0, 0.1) is 0 Å². The van der Waals surface area contributed by atoms with Crippen LogP contribution in [0.25, 0.3) is 11.1 Å². The molecule has 1 unspecified atom stereocenters. The molecule has 1 aromatic heterocycles. The first-order valence-electron chi connectivity index (χ1n) is 5.06. The van der Waals surface area contributed by atoms with Crippen LogP contribution in [0.15, 0.2) is 42.7 Å². The van der Waals surface area contributed by atoms with Crippen molar-refractivity contribution in [3.05, 3.63) is 48.3 Å². The molecule has 1 aromatic carbocycles. The molecule has 2 heterocycles. The second-order valence-electron chi connectivity index (χ2n) is 3.72. The second-order valence-corrected chi connectivity index (χ2v) is 3.72. The molecule has 2 aromatic rings. The lowest BCUT2D eigenvalue weighted by Gasteiger charge is -2.25. The lowest BCUT2D eigenvalue weighted by molar-refractivity contribution is 0.223. The molecule has 0 spiro atoms. The summed E-state index contributed by atoms with van der Waals surface area (Å²) in [6.07, 6.45) is 3.80. The normalized spacial score (nSPS) is 17.5. The highest BCUT2D eigenvalue weighted by Gasteiger charge is 2.21. The lowest BCUT2D eigenvalue weighted by Crippen LogP contribution is -2.10. The Hall–Kier alpha value is -1.83. The van der Waals surface area contributed by atoms with Crippen LogP contribution in [0.1, 0.15) is 18.6 Å². The molecule has 2 heteroatoms. The molecule has 0 saturated carbocycles. The molecule has 0 amide bonds. The van der Waals surface area contributed by atoms with E-state index in [1.807, 2.05) is 36.7 Å². The van der Waals surface area contributed by atoms with Gasteiger partial charge in [-0.3, -0.25) is 4.98 Å². The number of para-hydroxylation sites is 1. The van der Waals surface area contributed by atoms with E-state index >= 15 is 0 Å². The third kappa shape index (κ3) is 1.22. The Morgan fingerprint density at radius 3 is 2.93 bits per heavy atom. The first-order chi connectivity index (χ1) is 7.36. The third-order valence-electron chi connectivity index (χ3n) is 2.77. The fraction of sp³-hybridized carbons (Fsp3) is 0.154. The lowest BCUT2D eigenvalue weighted by atomic mass is 9.95. The minimum atomic E-state index is 0.0867. The molecule has 74 valence electrons. The molecule has 1 aliphatic heterocycles. The minimum absolute atomic E-state index is 0.0867. The first-order valence-corrected chi connectivity index (χ1v) is 5.06. The highest BCUT2D eigenvalue weighted by atomic mass is 16.5. The topological polar surface area (TPSA) is 22.1 Å². The van der Waals surface area contributed by atoms with E-state index in [0.29, 0.717) is 0 Å². The van der Waals surface area contributed by atoms with E-state index in [9.17, 15) is 0 Å². The summed E-state index contributed by atoms with van der Waals surface area (Å²) < 4.78 is 5.82. The summed E-state index contributed by atoms with van der Waals surface area (Å²) in [6, 6.07) is 10.2. The zero-order chi connectivity index (χ0) is 10.3. The molecule has 0 radical (unpaired) electrons. The number of ether oxygens (including phenoxy) is 1. The number of aromatic nitrogens is 1. The van der Waals surface area contributed by atoms with Crippen molar-refractivity contribution >= 4 is 0 Å². The van der Waals surface area contributed by atoms with E-state index in [2.05, 4.69) is 18.0 Å². The summed E-state index contributed by atoms with van der Waals surface area (Å²) in [4.78, 5) is 4.14. The van der Waals surface area contributed by atoms with E-state index in [0.717, 1.165) is 16.9 Å². The summed E-state index contributed by atoms with van der Waals surface area (Å²) in [5, 5.41) is 0. The molecular formula is C13H11NO. The van der Waals surface area contributed by atoms with Crippen LogP contribution in [0.4, 0.5) is 0 Å². The summed E-state index contributed by atoms with van der Waals surface area (Å²) in [7, 11) is 0. The minimum Gasteiger partial charge on any atom is -0.485 e. The summed E-state index contributed by atoms with van der Waals surface area (Å²) in [6.45, 7) is 2.05. The molecule has 15 heavy (non-hydrogen) atoms. The maximum Gasteiger partial charge on any atom is 0.128 e.